The van der Waals surface area contributed by atoms with E-state index in [0.29, 0.717) is 11.8 Å². The minimum Gasteiger partial charge on any atom is -0.393 e. The zero-order chi connectivity index (χ0) is 11.5. The van der Waals surface area contributed by atoms with Gasteiger partial charge in [0.2, 0.25) is 0 Å². The van der Waals surface area contributed by atoms with Gasteiger partial charge in [-0.2, -0.15) is 0 Å². The van der Waals surface area contributed by atoms with Crippen LogP contribution in [0.15, 0.2) is 0 Å². The lowest BCUT2D eigenvalue weighted by Crippen LogP contribution is -2.39. The minimum atomic E-state index is -0.0437. The van der Waals surface area contributed by atoms with Crippen LogP contribution in [0.25, 0.3) is 0 Å². The lowest BCUT2D eigenvalue weighted by atomic mass is 9.80. The van der Waals surface area contributed by atoms with Gasteiger partial charge in [0.1, 0.15) is 10.5 Å². The highest BCUT2D eigenvalue weighted by Gasteiger charge is 2.37. The molecule has 0 aromatic heterocycles. The Hall–Kier alpha value is 0.310. The van der Waals surface area contributed by atoms with Crippen LogP contribution in [-0.2, 0) is 11.8 Å². The van der Waals surface area contributed by atoms with Gasteiger partial charge in [0.25, 0.3) is 0 Å². The summed E-state index contributed by atoms with van der Waals surface area (Å²) in [6.45, 7) is 4.45. The van der Waals surface area contributed by atoms with E-state index in [1.54, 1.807) is 11.8 Å². The Kier molecular flexibility index (Phi) is 4.60. The summed E-state index contributed by atoms with van der Waals surface area (Å²) >= 11 is 1.71. The molecule has 0 amide bonds. The Morgan fingerprint density at radius 2 is 1.44 bits per heavy atom. The summed E-state index contributed by atoms with van der Waals surface area (Å²) in [5.74, 6) is 1.04. The molecule has 0 saturated heterocycles. The van der Waals surface area contributed by atoms with E-state index in [0.717, 1.165) is 10.5 Å². The van der Waals surface area contributed by atoms with Crippen LogP contribution in [0.4, 0.5) is 0 Å². The first-order chi connectivity index (χ1) is 7.66. The first kappa shape index (κ1) is 12.8. The average Bonchev–Trinajstić information content (AvgIpc) is 2.27. The maximum Gasteiger partial charge on any atom is 0.117 e. The van der Waals surface area contributed by atoms with Gasteiger partial charge < -0.3 is 5.11 Å². The van der Waals surface area contributed by atoms with Gasteiger partial charge >= 0.3 is 0 Å². The van der Waals surface area contributed by atoms with Crippen LogP contribution in [-0.4, -0.2) is 21.7 Å². The van der Waals surface area contributed by atoms with E-state index in [2.05, 4.69) is 13.8 Å². The largest absolute Gasteiger partial charge is 0.393 e. The van der Waals surface area contributed by atoms with E-state index < -0.39 is 0 Å². The van der Waals surface area contributed by atoms with E-state index in [4.69, 9.17) is 0 Å². The van der Waals surface area contributed by atoms with Gasteiger partial charge in [-0.15, -0.1) is 0 Å². The van der Waals surface area contributed by atoms with Gasteiger partial charge in [-0.3, -0.25) is 0 Å². The molecule has 1 N–H and O–H groups in total. The van der Waals surface area contributed by atoms with Crippen LogP contribution in [0.1, 0.15) is 58.8 Å². The fourth-order valence-corrected chi connectivity index (χ4v) is 5.61. The summed E-state index contributed by atoms with van der Waals surface area (Å²) in [6.07, 6.45) is 9.76. The van der Waals surface area contributed by atoms with Crippen LogP contribution in [0, 0.1) is 11.8 Å². The molecule has 0 spiro atoms. The van der Waals surface area contributed by atoms with Gasteiger partial charge in [0, 0.05) is 0 Å². The van der Waals surface area contributed by atoms with Crippen molar-refractivity contribution in [2.24, 2.45) is 11.8 Å². The normalized spacial score (nSPS) is 42.2. The molecule has 2 unspecified atom stereocenters. The maximum absolute atomic E-state index is 9.97. The molecule has 94 valence electrons. The van der Waals surface area contributed by atoms with Crippen LogP contribution in [0.5, 0.6) is 0 Å². The lowest BCUT2D eigenvalue weighted by molar-refractivity contribution is 0.0355. The standard InChI is InChI=1S/C14H26OS/c1-10-8-13(9-11(2)14(10)15)16-12-6-4-3-5-7-12/h10-15H,3-9H2,1-2H3/p+1. The molecular formula is C14H27OS+. The zero-order valence-corrected chi connectivity index (χ0v) is 11.6. The van der Waals surface area contributed by atoms with E-state index in [1.165, 1.54) is 44.9 Å². The second-order valence-corrected chi connectivity index (χ2v) is 7.77. The summed E-state index contributed by atoms with van der Waals surface area (Å²) in [6, 6.07) is 0. The molecule has 0 radical (unpaired) electrons. The van der Waals surface area contributed by atoms with E-state index in [1.807, 2.05) is 0 Å². The maximum atomic E-state index is 9.97. The number of aliphatic hydroxyl groups excluding tert-OH is 1. The SMILES string of the molecule is CC1CC([SH+]C2CCCCC2)CC(C)C1O. The van der Waals surface area contributed by atoms with Gasteiger partial charge in [-0.1, -0.05) is 20.3 Å². The summed E-state index contributed by atoms with van der Waals surface area (Å²) in [7, 11) is 0. The summed E-state index contributed by atoms with van der Waals surface area (Å²) in [5, 5.41) is 11.8. The van der Waals surface area contributed by atoms with Gasteiger partial charge in [0.05, 0.1) is 6.10 Å². The molecule has 0 aromatic carbocycles. The van der Waals surface area contributed by atoms with Crippen molar-refractivity contribution in [1.29, 1.82) is 0 Å². The summed E-state index contributed by atoms with van der Waals surface area (Å²) in [4.78, 5) is 0. The molecule has 2 rings (SSSR count). The molecule has 2 fully saturated rings. The molecule has 0 aromatic rings. The molecule has 16 heavy (non-hydrogen) atoms. The molecule has 2 heteroatoms. The Balaban J connectivity index is 1.81. The Morgan fingerprint density at radius 3 is 2.00 bits per heavy atom. The molecule has 2 saturated carbocycles. The second kappa shape index (κ2) is 5.77. The van der Waals surface area contributed by atoms with E-state index in [-0.39, 0.29) is 6.10 Å². The van der Waals surface area contributed by atoms with Crippen LogP contribution in [0.2, 0.25) is 0 Å². The highest BCUT2D eigenvalue weighted by atomic mass is 32.2. The third-order valence-corrected chi connectivity index (χ3v) is 6.23. The quantitative estimate of drug-likeness (QED) is 0.584. The van der Waals surface area contributed by atoms with Crippen molar-refractivity contribution in [3.63, 3.8) is 0 Å². The second-order valence-electron chi connectivity index (χ2n) is 6.01. The number of hydrogen-bond donors (Lipinski definition) is 1. The zero-order valence-electron chi connectivity index (χ0n) is 10.7. The Bertz CT molecular complexity index is 201. The number of rotatable bonds is 2. The third kappa shape index (κ3) is 3.16. The van der Waals surface area contributed by atoms with Crippen molar-refractivity contribution in [2.75, 3.05) is 0 Å². The first-order valence-electron chi connectivity index (χ1n) is 7.05. The van der Waals surface area contributed by atoms with E-state index >= 15 is 0 Å². The third-order valence-electron chi connectivity index (χ3n) is 4.45. The monoisotopic (exact) mass is 243 g/mol. The fourth-order valence-electron chi connectivity index (χ4n) is 3.44. The minimum absolute atomic E-state index is 0.0437. The summed E-state index contributed by atoms with van der Waals surface area (Å²) in [5.41, 5.74) is 0. The summed E-state index contributed by atoms with van der Waals surface area (Å²) < 4.78 is 0. The molecule has 2 aliphatic carbocycles. The van der Waals surface area contributed by atoms with Crippen molar-refractivity contribution in [3.05, 3.63) is 0 Å². The van der Waals surface area contributed by atoms with Gasteiger partial charge in [-0.25, -0.2) is 0 Å². The molecule has 1 nitrogen and oxygen atoms in total. The molecule has 0 bridgehead atoms. The van der Waals surface area contributed by atoms with Crippen molar-refractivity contribution in [1.82, 2.24) is 0 Å². The Labute approximate surface area is 104 Å². The number of hydrogen-bond acceptors (Lipinski definition) is 1. The van der Waals surface area contributed by atoms with Crippen LogP contribution in [0.3, 0.4) is 0 Å². The fraction of sp³-hybridized carbons (Fsp3) is 1.00. The first-order valence-corrected chi connectivity index (χ1v) is 8.08. The van der Waals surface area contributed by atoms with Crippen LogP contribution >= 0.6 is 0 Å². The predicted octanol–water partition coefficient (Wildman–Crippen LogP) is 2.93. The van der Waals surface area contributed by atoms with Crippen molar-refractivity contribution < 1.29 is 5.11 Å². The number of aliphatic hydroxyl groups is 1. The highest BCUT2D eigenvalue weighted by molar-refractivity contribution is 7.79. The topological polar surface area (TPSA) is 20.2 Å². The molecule has 0 aliphatic heterocycles. The van der Waals surface area contributed by atoms with Crippen molar-refractivity contribution in [3.8, 4) is 0 Å². The number of thiol groups is 1. The molecule has 0 heterocycles. The van der Waals surface area contributed by atoms with Crippen molar-refractivity contribution in [2.45, 2.75) is 75.4 Å². The smallest absolute Gasteiger partial charge is 0.117 e. The predicted molar refractivity (Wildman–Crippen MR) is 73.0 cm³/mol. The van der Waals surface area contributed by atoms with Gasteiger partial charge in [0.15, 0.2) is 0 Å². The highest BCUT2D eigenvalue weighted by Crippen LogP contribution is 2.33. The van der Waals surface area contributed by atoms with Gasteiger partial charge in [-0.05, 0) is 62.1 Å². The Morgan fingerprint density at radius 1 is 0.875 bits per heavy atom. The van der Waals surface area contributed by atoms with E-state index in [9.17, 15) is 5.11 Å². The van der Waals surface area contributed by atoms with Crippen molar-refractivity contribution >= 4 is 11.8 Å². The van der Waals surface area contributed by atoms with Crippen LogP contribution < -0.4 is 0 Å². The lowest BCUT2D eigenvalue weighted by Gasteiger charge is -2.34. The molecule has 2 atom stereocenters. The molecule has 2 aliphatic rings. The molecular weight excluding hydrogens is 216 g/mol. The average molecular weight is 243 g/mol.